The molecule has 1 saturated heterocycles. The molecule has 1 aliphatic rings. The molecule has 1 aliphatic heterocycles. The first-order chi connectivity index (χ1) is 8.00. The molecular formula is C14H27NO3. The molecule has 1 N–H and O–H groups in total. The van der Waals surface area contributed by atoms with E-state index in [9.17, 15) is 9.90 Å². The molecule has 18 heavy (non-hydrogen) atoms. The summed E-state index contributed by atoms with van der Waals surface area (Å²) in [4.78, 5) is 13.7. The first-order valence-corrected chi connectivity index (χ1v) is 6.67. The van der Waals surface area contributed by atoms with Gasteiger partial charge < -0.3 is 14.7 Å². The van der Waals surface area contributed by atoms with Gasteiger partial charge in [0.1, 0.15) is 5.60 Å². The number of carbonyl (C=O) groups is 1. The van der Waals surface area contributed by atoms with Crippen LogP contribution in [0.15, 0.2) is 0 Å². The number of hydrogen-bond donors (Lipinski definition) is 1. The Hall–Kier alpha value is -0.770. The van der Waals surface area contributed by atoms with Gasteiger partial charge in [-0.25, -0.2) is 4.79 Å². The Morgan fingerprint density at radius 3 is 2.22 bits per heavy atom. The molecular weight excluding hydrogens is 230 g/mol. The third-order valence-electron chi connectivity index (χ3n) is 3.34. The van der Waals surface area contributed by atoms with Crippen molar-refractivity contribution in [1.29, 1.82) is 0 Å². The van der Waals surface area contributed by atoms with Crippen LogP contribution in [0.25, 0.3) is 0 Å². The Labute approximate surface area is 110 Å². The predicted octanol–water partition coefficient (Wildman–Crippen LogP) is 2.65. The minimum absolute atomic E-state index is 0.0138. The van der Waals surface area contributed by atoms with Gasteiger partial charge in [0.2, 0.25) is 0 Å². The number of amides is 1. The monoisotopic (exact) mass is 257 g/mol. The van der Waals surface area contributed by atoms with E-state index in [4.69, 9.17) is 4.74 Å². The maximum absolute atomic E-state index is 12.0. The van der Waals surface area contributed by atoms with E-state index in [1.54, 1.807) is 4.90 Å². The SMILES string of the molecule is CC(C)(C)OC(=O)N1CC[C@H](O)C(C(C)(C)C)C1. The van der Waals surface area contributed by atoms with Crippen molar-refractivity contribution >= 4 is 6.09 Å². The van der Waals surface area contributed by atoms with E-state index in [2.05, 4.69) is 20.8 Å². The van der Waals surface area contributed by atoms with Gasteiger partial charge in [-0.2, -0.15) is 0 Å². The Balaban J connectivity index is 2.68. The summed E-state index contributed by atoms with van der Waals surface area (Å²) in [6.45, 7) is 13.0. The fourth-order valence-electron chi connectivity index (χ4n) is 2.28. The summed E-state index contributed by atoms with van der Waals surface area (Å²) in [5.74, 6) is 0.0961. The maximum Gasteiger partial charge on any atom is 0.410 e. The number of piperidine rings is 1. The van der Waals surface area contributed by atoms with E-state index in [1.165, 1.54) is 0 Å². The molecule has 0 aromatic rings. The van der Waals surface area contributed by atoms with E-state index in [1.807, 2.05) is 20.8 Å². The van der Waals surface area contributed by atoms with Crippen LogP contribution >= 0.6 is 0 Å². The molecule has 106 valence electrons. The van der Waals surface area contributed by atoms with Gasteiger partial charge in [0.15, 0.2) is 0 Å². The van der Waals surface area contributed by atoms with E-state index in [0.717, 1.165) is 0 Å². The van der Waals surface area contributed by atoms with E-state index >= 15 is 0 Å². The van der Waals surface area contributed by atoms with Gasteiger partial charge in [0.05, 0.1) is 6.10 Å². The highest BCUT2D eigenvalue weighted by Crippen LogP contribution is 2.34. The number of hydrogen-bond acceptors (Lipinski definition) is 3. The van der Waals surface area contributed by atoms with Crippen LogP contribution in [0.5, 0.6) is 0 Å². The molecule has 0 spiro atoms. The highest BCUT2D eigenvalue weighted by Gasteiger charge is 2.38. The van der Waals surface area contributed by atoms with Crippen molar-refractivity contribution in [1.82, 2.24) is 4.90 Å². The highest BCUT2D eigenvalue weighted by molar-refractivity contribution is 5.68. The summed E-state index contributed by atoms with van der Waals surface area (Å²) in [7, 11) is 0. The van der Waals surface area contributed by atoms with Crippen molar-refractivity contribution in [3.8, 4) is 0 Å². The second-order valence-electron chi connectivity index (χ2n) is 7.25. The minimum atomic E-state index is -0.468. The van der Waals surface area contributed by atoms with Crippen molar-refractivity contribution in [2.75, 3.05) is 13.1 Å². The Kier molecular flexibility index (Phi) is 4.31. The third kappa shape index (κ3) is 4.16. The lowest BCUT2D eigenvalue weighted by Gasteiger charge is -2.42. The van der Waals surface area contributed by atoms with Crippen molar-refractivity contribution < 1.29 is 14.6 Å². The van der Waals surface area contributed by atoms with E-state index in [-0.39, 0.29) is 23.5 Å². The van der Waals surface area contributed by atoms with E-state index < -0.39 is 5.60 Å². The van der Waals surface area contributed by atoms with Crippen molar-refractivity contribution in [3.05, 3.63) is 0 Å². The minimum Gasteiger partial charge on any atom is -0.444 e. The fourth-order valence-corrected chi connectivity index (χ4v) is 2.28. The molecule has 0 radical (unpaired) electrons. The number of rotatable bonds is 0. The van der Waals surface area contributed by atoms with Crippen LogP contribution in [0.2, 0.25) is 0 Å². The molecule has 1 unspecified atom stereocenters. The first-order valence-electron chi connectivity index (χ1n) is 6.67. The van der Waals surface area contributed by atoms with E-state index in [0.29, 0.717) is 19.5 Å². The molecule has 0 saturated carbocycles. The van der Waals surface area contributed by atoms with Gasteiger partial charge in [-0.3, -0.25) is 0 Å². The Bertz CT molecular complexity index is 301. The second kappa shape index (κ2) is 5.08. The van der Waals surface area contributed by atoms with Gasteiger partial charge in [-0.05, 0) is 32.6 Å². The lowest BCUT2D eigenvalue weighted by Crippen LogP contribution is -2.51. The van der Waals surface area contributed by atoms with Crippen LogP contribution in [0.4, 0.5) is 4.79 Å². The summed E-state index contributed by atoms with van der Waals surface area (Å²) >= 11 is 0. The van der Waals surface area contributed by atoms with Crippen LogP contribution in [0.3, 0.4) is 0 Å². The van der Waals surface area contributed by atoms with Crippen molar-refractivity contribution in [3.63, 3.8) is 0 Å². The summed E-state index contributed by atoms with van der Waals surface area (Å²) in [5.41, 5.74) is -0.482. The average molecular weight is 257 g/mol. The molecule has 1 amide bonds. The molecule has 1 fully saturated rings. The molecule has 0 bridgehead atoms. The number of nitrogens with zero attached hydrogens (tertiary/aromatic N) is 1. The van der Waals surface area contributed by atoms with Gasteiger partial charge in [-0.1, -0.05) is 20.8 Å². The lowest BCUT2D eigenvalue weighted by atomic mass is 9.74. The topological polar surface area (TPSA) is 49.8 Å². The molecule has 4 nitrogen and oxygen atoms in total. The number of carbonyl (C=O) groups excluding carboxylic acids is 1. The molecule has 2 atom stereocenters. The van der Waals surface area contributed by atoms with Crippen molar-refractivity contribution in [2.24, 2.45) is 11.3 Å². The molecule has 0 aromatic carbocycles. The summed E-state index contributed by atoms with van der Waals surface area (Å²) in [6.07, 6.45) is 0.0219. The first kappa shape index (κ1) is 15.3. The smallest absolute Gasteiger partial charge is 0.410 e. The normalized spacial score (nSPS) is 26.1. The van der Waals surface area contributed by atoms with Crippen molar-refractivity contribution in [2.45, 2.75) is 59.7 Å². The number of ether oxygens (including phenoxy) is 1. The quantitative estimate of drug-likeness (QED) is 0.726. The number of aliphatic hydroxyl groups is 1. The molecule has 1 heterocycles. The highest BCUT2D eigenvalue weighted by atomic mass is 16.6. The van der Waals surface area contributed by atoms with Crippen LogP contribution in [-0.2, 0) is 4.74 Å². The van der Waals surface area contributed by atoms with Crippen LogP contribution < -0.4 is 0 Å². The number of likely N-dealkylation sites (tertiary alicyclic amines) is 1. The number of aliphatic hydroxyl groups excluding tert-OH is 1. The van der Waals surface area contributed by atoms with Gasteiger partial charge in [-0.15, -0.1) is 0 Å². The largest absolute Gasteiger partial charge is 0.444 e. The molecule has 1 rings (SSSR count). The second-order valence-corrected chi connectivity index (χ2v) is 7.25. The zero-order valence-corrected chi connectivity index (χ0v) is 12.5. The van der Waals surface area contributed by atoms with Gasteiger partial charge >= 0.3 is 6.09 Å². The van der Waals surface area contributed by atoms with Crippen LogP contribution in [0, 0.1) is 11.3 Å². The van der Waals surface area contributed by atoms with Gasteiger partial charge in [0, 0.05) is 19.0 Å². The fraction of sp³-hybridized carbons (Fsp3) is 0.929. The standard InChI is InChI=1S/C14H27NO3/c1-13(2,3)10-9-15(8-7-11(10)16)12(17)18-14(4,5)6/h10-11,16H,7-9H2,1-6H3/t10?,11-/m0/s1. The van der Waals surface area contributed by atoms with Crippen LogP contribution in [-0.4, -0.2) is 40.9 Å². The summed E-state index contributed by atoms with van der Waals surface area (Å²) in [6, 6.07) is 0. The van der Waals surface area contributed by atoms with Gasteiger partial charge in [0.25, 0.3) is 0 Å². The third-order valence-corrected chi connectivity index (χ3v) is 3.34. The summed E-state index contributed by atoms with van der Waals surface area (Å²) < 4.78 is 5.38. The lowest BCUT2D eigenvalue weighted by molar-refractivity contribution is -0.0358. The average Bonchev–Trinajstić information content (AvgIpc) is 2.13. The summed E-state index contributed by atoms with van der Waals surface area (Å²) in [5, 5.41) is 10.1. The zero-order valence-electron chi connectivity index (χ0n) is 12.5. The maximum atomic E-state index is 12.0. The Morgan fingerprint density at radius 2 is 1.78 bits per heavy atom. The predicted molar refractivity (Wildman–Crippen MR) is 71.4 cm³/mol. The zero-order chi connectivity index (χ0) is 14.1. The molecule has 0 aromatic heterocycles. The van der Waals surface area contributed by atoms with Crippen LogP contribution in [0.1, 0.15) is 48.0 Å². The molecule has 0 aliphatic carbocycles. The Morgan fingerprint density at radius 1 is 1.22 bits per heavy atom. The molecule has 4 heteroatoms.